The van der Waals surface area contributed by atoms with Gasteiger partial charge in [-0.25, -0.2) is 15.8 Å². The van der Waals surface area contributed by atoms with Gasteiger partial charge in [0.1, 0.15) is 18.2 Å². The van der Waals surface area contributed by atoms with Crippen LogP contribution < -0.4 is 16.6 Å². The number of rotatable bonds is 7. The van der Waals surface area contributed by atoms with Gasteiger partial charge in [0.05, 0.1) is 0 Å². The van der Waals surface area contributed by atoms with Crippen molar-refractivity contribution < 1.29 is 4.74 Å². The average Bonchev–Trinajstić information content (AvgIpc) is 2.53. The largest absolute Gasteiger partial charge is 0.374 e. The van der Waals surface area contributed by atoms with Gasteiger partial charge in [-0.3, -0.25) is 0 Å². The molecule has 0 fully saturated rings. The Bertz CT molecular complexity index is 576. The Morgan fingerprint density at radius 2 is 1.90 bits per heavy atom. The minimum Gasteiger partial charge on any atom is -0.374 e. The topological polar surface area (TPSA) is 85.1 Å². The number of ether oxygens (including phenoxy) is 1. The molecular weight excluding hydrogens is 286 g/mol. The molecular formula is C14H19N5OS. The quantitative estimate of drug-likeness (QED) is 0.412. The van der Waals surface area contributed by atoms with Crippen LogP contribution in [0.5, 0.6) is 0 Å². The lowest BCUT2D eigenvalue weighted by Crippen LogP contribution is -2.12. The Morgan fingerprint density at radius 3 is 2.52 bits per heavy atom. The maximum Gasteiger partial charge on any atom is 0.158 e. The van der Waals surface area contributed by atoms with Crippen LogP contribution in [0, 0.1) is 0 Å². The van der Waals surface area contributed by atoms with E-state index in [1.165, 1.54) is 4.90 Å². The highest BCUT2D eigenvalue weighted by atomic mass is 32.2. The van der Waals surface area contributed by atoms with Gasteiger partial charge in [-0.05, 0) is 37.4 Å². The molecule has 6 nitrogen and oxygen atoms in total. The molecule has 1 aromatic heterocycles. The van der Waals surface area contributed by atoms with Gasteiger partial charge in [-0.15, -0.1) is 11.8 Å². The Kier molecular flexibility index (Phi) is 5.79. The lowest BCUT2D eigenvalue weighted by atomic mass is 10.3. The fourth-order valence-corrected chi connectivity index (χ4v) is 2.12. The van der Waals surface area contributed by atoms with Crippen molar-refractivity contribution in [2.45, 2.75) is 18.4 Å². The molecule has 0 saturated carbocycles. The molecule has 0 unspecified atom stereocenters. The summed E-state index contributed by atoms with van der Waals surface area (Å²) in [6, 6.07) is 9.87. The molecule has 0 aliphatic heterocycles. The van der Waals surface area contributed by atoms with Gasteiger partial charge >= 0.3 is 0 Å². The maximum atomic E-state index is 5.44. The number of benzene rings is 1. The summed E-state index contributed by atoms with van der Waals surface area (Å²) in [7, 11) is 0. The summed E-state index contributed by atoms with van der Waals surface area (Å²) in [6.07, 6.45) is 2.05. The SMILES string of the molecule is CCOCc1nc(NN)cc(Nc2ccc(SC)cc2)n1. The van der Waals surface area contributed by atoms with E-state index >= 15 is 0 Å². The lowest BCUT2D eigenvalue weighted by molar-refractivity contribution is 0.128. The summed E-state index contributed by atoms with van der Waals surface area (Å²) in [6.45, 7) is 2.89. The summed E-state index contributed by atoms with van der Waals surface area (Å²) in [5.41, 5.74) is 3.49. The van der Waals surface area contributed by atoms with Crippen LogP contribution in [0.3, 0.4) is 0 Å². The van der Waals surface area contributed by atoms with Crippen molar-refractivity contribution in [1.82, 2.24) is 9.97 Å². The molecule has 7 heteroatoms. The third-order valence-corrected chi connectivity index (χ3v) is 3.46. The first-order valence-corrected chi connectivity index (χ1v) is 7.81. The summed E-state index contributed by atoms with van der Waals surface area (Å²) >= 11 is 1.70. The Hall–Kier alpha value is -1.83. The number of hydrazine groups is 1. The van der Waals surface area contributed by atoms with Crippen LogP contribution in [0.15, 0.2) is 35.2 Å². The fraction of sp³-hybridized carbons (Fsp3) is 0.286. The van der Waals surface area contributed by atoms with Crippen LogP contribution in [-0.2, 0) is 11.3 Å². The second kappa shape index (κ2) is 7.82. The molecule has 0 saturated heterocycles. The Morgan fingerprint density at radius 1 is 1.19 bits per heavy atom. The van der Waals surface area contributed by atoms with E-state index < -0.39 is 0 Å². The van der Waals surface area contributed by atoms with E-state index in [9.17, 15) is 0 Å². The number of nitrogens with two attached hydrogens (primary N) is 1. The van der Waals surface area contributed by atoms with Gasteiger partial charge in [-0.1, -0.05) is 0 Å². The molecule has 1 heterocycles. The number of hydrogen-bond donors (Lipinski definition) is 3. The summed E-state index contributed by atoms with van der Waals surface area (Å²) in [5, 5.41) is 3.24. The van der Waals surface area contributed by atoms with Gasteiger partial charge in [0.25, 0.3) is 0 Å². The first kappa shape index (κ1) is 15.6. The second-order valence-electron chi connectivity index (χ2n) is 4.19. The highest BCUT2D eigenvalue weighted by Crippen LogP contribution is 2.21. The van der Waals surface area contributed by atoms with Gasteiger partial charge < -0.3 is 15.5 Å². The molecule has 21 heavy (non-hydrogen) atoms. The van der Waals surface area contributed by atoms with Gasteiger partial charge in [0, 0.05) is 23.3 Å². The molecule has 0 radical (unpaired) electrons. The third kappa shape index (κ3) is 4.59. The van der Waals surface area contributed by atoms with E-state index in [0.717, 1.165) is 5.69 Å². The van der Waals surface area contributed by atoms with Crippen LogP contribution >= 0.6 is 11.8 Å². The third-order valence-electron chi connectivity index (χ3n) is 2.72. The van der Waals surface area contributed by atoms with Crippen LogP contribution in [0.1, 0.15) is 12.7 Å². The zero-order chi connectivity index (χ0) is 15.1. The molecule has 0 aliphatic rings. The molecule has 0 amide bonds. The summed E-state index contributed by atoms with van der Waals surface area (Å²) < 4.78 is 5.33. The van der Waals surface area contributed by atoms with Gasteiger partial charge in [0.15, 0.2) is 5.82 Å². The minimum atomic E-state index is 0.353. The fourth-order valence-electron chi connectivity index (χ4n) is 1.72. The highest BCUT2D eigenvalue weighted by Gasteiger charge is 2.05. The number of nitrogen functional groups attached to an aromatic ring is 1. The molecule has 0 spiro atoms. The van der Waals surface area contributed by atoms with Crippen LogP contribution in [0.2, 0.25) is 0 Å². The normalized spacial score (nSPS) is 10.4. The molecule has 112 valence electrons. The number of aromatic nitrogens is 2. The first-order valence-electron chi connectivity index (χ1n) is 6.58. The monoisotopic (exact) mass is 305 g/mol. The van der Waals surface area contributed by atoms with E-state index in [0.29, 0.717) is 30.7 Å². The first-order chi connectivity index (χ1) is 10.2. The summed E-state index contributed by atoms with van der Waals surface area (Å²) in [4.78, 5) is 9.86. The van der Waals surface area contributed by atoms with E-state index in [4.69, 9.17) is 10.6 Å². The van der Waals surface area contributed by atoms with Crippen molar-refractivity contribution in [3.8, 4) is 0 Å². The maximum absolute atomic E-state index is 5.44. The van der Waals surface area contributed by atoms with E-state index in [2.05, 4.69) is 32.8 Å². The standard InChI is InChI=1S/C14H19N5OS/c1-3-20-9-14-17-12(8-13(18-14)19-15)16-10-4-6-11(21-2)7-5-10/h4-8H,3,9,15H2,1-2H3,(H2,16,17,18,19). The zero-order valence-electron chi connectivity index (χ0n) is 12.1. The van der Waals surface area contributed by atoms with Crippen molar-refractivity contribution in [3.63, 3.8) is 0 Å². The molecule has 1 aromatic carbocycles. The molecule has 0 aliphatic carbocycles. The average molecular weight is 305 g/mol. The van der Waals surface area contributed by atoms with E-state index in [1.807, 2.05) is 25.3 Å². The van der Waals surface area contributed by atoms with E-state index in [1.54, 1.807) is 17.8 Å². The number of nitrogens with one attached hydrogen (secondary N) is 2. The minimum absolute atomic E-state index is 0.353. The Labute approximate surface area is 128 Å². The zero-order valence-corrected chi connectivity index (χ0v) is 12.9. The Balaban J connectivity index is 2.16. The molecule has 4 N–H and O–H groups in total. The lowest BCUT2D eigenvalue weighted by Gasteiger charge is -2.10. The van der Waals surface area contributed by atoms with Crippen molar-refractivity contribution in [1.29, 1.82) is 0 Å². The molecule has 2 aromatic rings. The van der Waals surface area contributed by atoms with Crippen LogP contribution in [0.4, 0.5) is 17.3 Å². The van der Waals surface area contributed by atoms with E-state index in [-0.39, 0.29) is 0 Å². The smallest absolute Gasteiger partial charge is 0.158 e. The molecule has 2 rings (SSSR count). The van der Waals surface area contributed by atoms with Crippen molar-refractivity contribution in [2.24, 2.45) is 5.84 Å². The van der Waals surface area contributed by atoms with Crippen LogP contribution in [0.25, 0.3) is 0 Å². The van der Waals surface area contributed by atoms with Gasteiger partial charge in [0.2, 0.25) is 0 Å². The molecule has 0 bridgehead atoms. The number of thioether (sulfide) groups is 1. The second-order valence-corrected chi connectivity index (χ2v) is 5.07. The van der Waals surface area contributed by atoms with Crippen molar-refractivity contribution >= 4 is 29.1 Å². The van der Waals surface area contributed by atoms with Crippen molar-refractivity contribution in [2.75, 3.05) is 23.6 Å². The summed E-state index contributed by atoms with van der Waals surface area (Å²) in [5.74, 6) is 7.23. The number of anilines is 3. The number of hydrogen-bond acceptors (Lipinski definition) is 7. The predicted molar refractivity (Wildman–Crippen MR) is 86.7 cm³/mol. The van der Waals surface area contributed by atoms with Gasteiger partial charge in [-0.2, -0.15) is 0 Å². The van der Waals surface area contributed by atoms with Crippen molar-refractivity contribution in [3.05, 3.63) is 36.2 Å². The number of nitrogens with zero attached hydrogens (tertiary/aromatic N) is 2. The van der Waals surface area contributed by atoms with Crippen LogP contribution in [-0.4, -0.2) is 22.8 Å². The predicted octanol–water partition coefficient (Wildman–Crippen LogP) is 2.76. The molecule has 0 atom stereocenters. The highest BCUT2D eigenvalue weighted by molar-refractivity contribution is 7.98.